The van der Waals surface area contributed by atoms with Gasteiger partial charge in [-0.2, -0.15) is 5.10 Å². The number of methoxy groups -OCH3 is 2. The van der Waals surface area contributed by atoms with Crippen LogP contribution in [0.1, 0.15) is 5.56 Å². The molecule has 0 amide bonds. The topological polar surface area (TPSA) is 54.9 Å². The molecule has 0 aliphatic heterocycles. The Morgan fingerprint density at radius 3 is 2.43 bits per heavy atom. The van der Waals surface area contributed by atoms with E-state index in [0.717, 1.165) is 15.7 Å². The van der Waals surface area contributed by atoms with Crippen LogP contribution in [0, 0.1) is 0 Å². The van der Waals surface area contributed by atoms with Crippen molar-refractivity contribution in [1.82, 2.24) is 5.43 Å². The van der Waals surface area contributed by atoms with Gasteiger partial charge in [0.1, 0.15) is 0 Å². The minimum atomic E-state index is 0.380. The van der Waals surface area contributed by atoms with Crippen LogP contribution in [0.5, 0.6) is 11.5 Å². The molecule has 0 aliphatic rings. The lowest BCUT2D eigenvalue weighted by molar-refractivity contribution is 0.355. The van der Waals surface area contributed by atoms with Gasteiger partial charge < -0.3 is 14.8 Å². The lowest BCUT2D eigenvalue weighted by Gasteiger charge is -2.11. The molecule has 7 heteroatoms. The minimum absolute atomic E-state index is 0.380. The molecule has 0 spiro atoms. The summed E-state index contributed by atoms with van der Waals surface area (Å²) in [6, 6.07) is 13.2. The average Bonchev–Trinajstić information content (AvgIpc) is 2.56. The monoisotopic (exact) mass is 393 g/mol. The molecular formula is C16H16BrN3O2S. The number of nitrogens with one attached hydrogen (secondary N) is 2. The number of ether oxygens (including phenoxy) is 2. The lowest BCUT2D eigenvalue weighted by atomic mass is 10.2. The van der Waals surface area contributed by atoms with Gasteiger partial charge in [0.05, 0.1) is 20.4 Å². The first kappa shape index (κ1) is 17.2. The summed E-state index contributed by atoms with van der Waals surface area (Å²) in [4.78, 5) is 0. The summed E-state index contributed by atoms with van der Waals surface area (Å²) in [5, 5.41) is 7.50. The van der Waals surface area contributed by atoms with Crippen molar-refractivity contribution in [3.05, 3.63) is 52.5 Å². The Balaban J connectivity index is 1.93. The average molecular weight is 394 g/mol. The lowest BCUT2D eigenvalue weighted by Crippen LogP contribution is -2.23. The van der Waals surface area contributed by atoms with E-state index in [4.69, 9.17) is 21.7 Å². The second-order valence-electron chi connectivity index (χ2n) is 4.45. The molecule has 0 radical (unpaired) electrons. The van der Waals surface area contributed by atoms with Crippen molar-refractivity contribution in [2.24, 2.45) is 5.10 Å². The number of benzene rings is 2. The molecule has 0 aliphatic carbocycles. The molecule has 0 unspecified atom stereocenters. The van der Waals surface area contributed by atoms with Gasteiger partial charge in [-0.25, -0.2) is 0 Å². The largest absolute Gasteiger partial charge is 0.493 e. The van der Waals surface area contributed by atoms with Gasteiger partial charge >= 0.3 is 0 Å². The highest BCUT2D eigenvalue weighted by Crippen LogP contribution is 2.29. The Bertz CT molecular complexity index is 705. The molecule has 2 N–H and O–H groups in total. The number of anilines is 1. The minimum Gasteiger partial charge on any atom is -0.493 e. The molecule has 0 bridgehead atoms. The molecule has 0 fully saturated rings. The number of rotatable bonds is 5. The standard InChI is InChI=1S/C16H16BrN3O2S/c1-21-14-8-7-13(9-15(14)22-2)19-16(23)20-18-10-11-3-5-12(17)6-4-11/h3-10H,1-2H3,(H2,19,20,23)/b18-10-. The Kier molecular flexibility index (Phi) is 6.37. The molecule has 2 aromatic rings. The summed E-state index contributed by atoms with van der Waals surface area (Å²) in [5.74, 6) is 1.28. The number of hydrazone groups is 1. The first-order chi connectivity index (χ1) is 11.1. The molecule has 0 atom stereocenters. The quantitative estimate of drug-likeness (QED) is 0.459. The number of thiocarbonyl (C=S) groups is 1. The van der Waals surface area contributed by atoms with Crippen LogP contribution in [0.2, 0.25) is 0 Å². The normalized spacial score (nSPS) is 10.4. The highest BCUT2D eigenvalue weighted by Gasteiger charge is 2.05. The summed E-state index contributed by atoms with van der Waals surface area (Å²) in [6.07, 6.45) is 1.69. The Morgan fingerprint density at radius 1 is 1.09 bits per heavy atom. The fourth-order valence-corrected chi connectivity index (χ4v) is 2.22. The summed E-state index contributed by atoms with van der Waals surface area (Å²) in [6.45, 7) is 0. The van der Waals surface area contributed by atoms with Crippen LogP contribution < -0.4 is 20.2 Å². The molecule has 2 aromatic carbocycles. The molecule has 2 rings (SSSR count). The molecule has 0 heterocycles. The van der Waals surface area contributed by atoms with Crippen LogP contribution in [0.25, 0.3) is 0 Å². The van der Waals surface area contributed by atoms with Crippen molar-refractivity contribution in [3.8, 4) is 11.5 Å². The third-order valence-electron chi connectivity index (χ3n) is 2.89. The zero-order valence-electron chi connectivity index (χ0n) is 12.7. The fraction of sp³-hybridized carbons (Fsp3) is 0.125. The van der Waals surface area contributed by atoms with Crippen molar-refractivity contribution in [1.29, 1.82) is 0 Å². The van der Waals surface area contributed by atoms with Crippen LogP contribution in [0.3, 0.4) is 0 Å². The maximum absolute atomic E-state index is 5.24. The van der Waals surface area contributed by atoms with E-state index >= 15 is 0 Å². The number of hydrogen-bond acceptors (Lipinski definition) is 4. The van der Waals surface area contributed by atoms with Gasteiger partial charge in [0, 0.05) is 16.2 Å². The van der Waals surface area contributed by atoms with Crippen LogP contribution >= 0.6 is 28.1 Å². The predicted octanol–water partition coefficient (Wildman–Crippen LogP) is 3.79. The smallest absolute Gasteiger partial charge is 0.191 e. The van der Waals surface area contributed by atoms with Crippen molar-refractivity contribution in [2.45, 2.75) is 0 Å². The molecule has 0 aromatic heterocycles. The summed E-state index contributed by atoms with van der Waals surface area (Å²) in [7, 11) is 3.18. The second-order valence-corrected chi connectivity index (χ2v) is 5.77. The highest BCUT2D eigenvalue weighted by atomic mass is 79.9. The zero-order chi connectivity index (χ0) is 16.7. The Labute approximate surface area is 148 Å². The van der Waals surface area contributed by atoms with Crippen LogP contribution in [0.15, 0.2) is 52.0 Å². The first-order valence-electron chi connectivity index (χ1n) is 6.70. The van der Waals surface area contributed by atoms with Crippen molar-refractivity contribution < 1.29 is 9.47 Å². The molecule has 120 valence electrons. The van der Waals surface area contributed by atoms with E-state index in [-0.39, 0.29) is 0 Å². The number of halogens is 1. The van der Waals surface area contributed by atoms with E-state index in [1.54, 1.807) is 32.6 Å². The SMILES string of the molecule is COc1ccc(NC(=S)N/N=C\c2ccc(Br)cc2)cc1OC. The van der Waals surface area contributed by atoms with Gasteiger partial charge in [-0.05, 0) is 42.0 Å². The Hall–Kier alpha value is -2.12. The summed E-state index contributed by atoms with van der Waals surface area (Å²) < 4.78 is 11.5. The van der Waals surface area contributed by atoms with E-state index < -0.39 is 0 Å². The molecular weight excluding hydrogens is 378 g/mol. The van der Waals surface area contributed by atoms with Gasteiger partial charge in [0.15, 0.2) is 16.6 Å². The van der Waals surface area contributed by atoms with Gasteiger partial charge in [-0.3, -0.25) is 5.43 Å². The van der Waals surface area contributed by atoms with E-state index in [9.17, 15) is 0 Å². The predicted molar refractivity (Wildman–Crippen MR) is 101 cm³/mol. The highest BCUT2D eigenvalue weighted by molar-refractivity contribution is 9.10. The first-order valence-corrected chi connectivity index (χ1v) is 7.90. The number of hydrogen-bond donors (Lipinski definition) is 2. The zero-order valence-corrected chi connectivity index (χ0v) is 15.1. The van der Waals surface area contributed by atoms with Crippen LogP contribution in [-0.4, -0.2) is 25.5 Å². The Morgan fingerprint density at radius 2 is 1.78 bits per heavy atom. The van der Waals surface area contributed by atoms with Crippen LogP contribution in [0.4, 0.5) is 5.69 Å². The van der Waals surface area contributed by atoms with E-state index in [2.05, 4.69) is 31.8 Å². The maximum atomic E-state index is 5.24. The molecule has 0 saturated carbocycles. The van der Waals surface area contributed by atoms with Crippen molar-refractivity contribution in [3.63, 3.8) is 0 Å². The third-order valence-corrected chi connectivity index (χ3v) is 3.61. The maximum Gasteiger partial charge on any atom is 0.191 e. The van der Waals surface area contributed by atoms with Gasteiger partial charge in [-0.15, -0.1) is 0 Å². The second kappa shape index (κ2) is 8.50. The molecule has 0 saturated heterocycles. The third kappa shape index (κ3) is 5.22. The fourth-order valence-electron chi connectivity index (χ4n) is 1.79. The molecule has 5 nitrogen and oxygen atoms in total. The van der Waals surface area contributed by atoms with E-state index in [1.807, 2.05) is 30.3 Å². The molecule has 23 heavy (non-hydrogen) atoms. The van der Waals surface area contributed by atoms with E-state index in [0.29, 0.717) is 16.6 Å². The van der Waals surface area contributed by atoms with Crippen LogP contribution in [-0.2, 0) is 0 Å². The van der Waals surface area contributed by atoms with Gasteiger partial charge in [0.25, 0.3) is 0 Å². The van der Waals surface area contributed by atoms with E-state index in [1.165, 1.54) is 0 Å². The summed E-state index contributed by atoms with van der Waals surface area (Å²) in [5.41, 5.74) is 4.51. The number of nitrogens with zero attached hydrogens (tertiary/aromatic N) is 1. The van der Waals surface area contributed by atoms with Crippen molar-refractivity contribution >= 4 is 45.2 Å². The van der Waals surface area contributed by atoms with Crippen molar-refractivity contribution in [2.75, 3.05) is 19.5 Å². The summed E-state index contributed by atoms with van der Waals surface area (Å²) >= 11 is 8.58. The van der Waals surface area contributed by atoms with Gasteiger partial charge in [0.2, 0.25) is 0 Å². The van der Waals surface area contributed by atoms with Gasteiger partial charge in [-0.1, -0.05) is 28.1 Å².